The van der Waals surface area contributed by atoms with Gasteiger partial charge >= 0.3 is 0 Å². The molecular weight excluding hydrogens is 435 g/mol. The molecule has 3 rings (SSSR count). The van der Waals surface area contributed by atoms with Gasteiger partial charge in [0.25, 0.3) is 5.91 Å². The molecule has 0 saturated carbocycles. The summed E-state index contributed by atoms with van der Waals surface area (Å²) in [5.74, 6) is 0.873. The van der Waals surface area contributed by atoms with E-state index in [0.717, 1.165) is 11.1 Å². The summed E-state index contributed by atoms with van der Waals surface area (Å²) in [4.78, 5) is 14.8. The van der Waals surface area contributed by atoms with Gasteiger partial charge in [-0.15, -0.1) is 0 Å². The highest BCUT2D eigenvalue weighted by molar-refractivity contribution is 6.35. The van der Waals surface area contributed by atoms with E-state index in [1.165, 1.54) is 0 Å². The van der Waals surface area contributed by atoms with E-state index in [-0.39, 0.29) is 5.91 Å². The van der Waals surface area contributed by atoms with Gasteiger partial charge < -0.3 is 20.1 Å². The van der Waals surface area contributed by atoms with Crippen LogP contribution >= 0.6 is 23.2 Å². The fourth-order valence-electron chi connectivity index (χ4n) is 3.10. The number of carbonyl (C=O) groups is 1. The van der Waals surface area contributed by atoms with Crippen molar-refractivity contribution in [2.45, 2.75) is 13.2 Å². The van der Waals surface area contributed by atoms with E-state index in [4.69, 9.17) is 38.4 Å². The second-order valence-corrected chi connectivity index (χ2v) is 7.73. The van der Waals surface area contributed by atoms with Crippen LogP contribution in [0.15, 0.2) is 66.7 Å². The number of ether oxygens (including phenoxy) is 2. The Morgan fingerprint density at radius 1 is 1.00 bits per heavy atom. The average molecular weight is 459 g/mol. The summed E-state index contributed by atoms with van der Waals surface area (Å²) in [6, 6.07) is 20.2. The van der Waals surface area contributed by atoms with Crippen molar-refractivity contribution in [3.05, 3.63) is 93.5 Å². The van der Waals surface area contributed by atoms with E-state index in [9.17, 15) is 4.79 Å². The van der Waals surface area contributed by atoms with Gasteiger partial charge in [0.1, 0.15) is 6.61 Å². The molecule has 0 aliphatic rings. The Balaban J connectivity index is 1.77. The number of rotatable bonds is 9. The van der Waals surface area contributed by atoms with Gasteiger partial charge in [0, 0.05) is 35.2 Å². The zero-order chi connectivity index (χ0) is 22.2. The van der Waals surface area contributed by atoms with Gasteiger partial charge in [-0.2, -0.15) is 0 Å². The SMILES string of the molecule is COc1cc(C(=O)N(CCN)Cc2ccc(Cl)cc2Cl)ccc1OCc1ccccc1. The van der Waals surface area contributed by atoms with Crippen molar-refractivity contribution >= 4 is 29.1 Å². The van der Waals surface area contributed by atoms with Crippen LogP contribution in [0.3, 0.4) is 0 Å². The van der Waals surface area contributed by atoms with Crippen molar-refractivity contribution in [2.24, 2.45) is 5.73 Å². The molecule has 0 fully saturated rings. The summed E-state index contributed by atoms with van der Waals surface area (Å²) in [6.07, 6.45) is 0. The van der Waals surface area contributed by atoms with Crippen LogP contribution in [0, 0.1) is 0 Å². The smallest absolute Gasteiger partial charge is 0.254 e. The number of methoxy groups -OCH3 is 1. The first-order valence-electron chi connectivity index (χ1n) is 9.80. The quantitative estimate of drug-likeness (QED) is 0.479. The lowest BCUT2D eigenvalue weighted by Gasteiger charge is -2.23. The second-order valence-electron chi connectivity index (χ2n) is 6.89. The van der Waals surface area contributed by atoms with Crippen LogP contribution < -0.4 is 15.2 Å². The lowest BCUT2D eigenvalue weighted by atomic mass is 10.1. The predicted molar refractivity (Wildman–Crippen MR) is 124 cm³/mol. The number of benzene rings is 3. The lowest BCUT2D eigenvalue weighted by molar-refractivity contribution is 0.0748. The molecule has 0 atom stereocenters. The molecule has 31 heavy (non-hydrogen) atoms. The molecular formula is C24H24Cl2N2O3. The second kappa shape index (κ2) is 11.0. The Bertz CT molecular complexity index is 1030. The molecule has 0 aromatic heterocycles. The topological polar surface area (TPSA) is 64.8 Å². The number of halogens is 2. The van der Waals surface area contributed by atoms with Gasteiger partial charge in [-0.1, -0.05) is 59.6 Å². The molecule has 2 N–H and O–H groups in total. The highest BCUT2D eigenvalue weighted by Crippen LogP contribution is 2.30. The third-order valence-electron chi connectivity index (χ3n) is 4.71. The van der Waals surface area contributed by atoms with E-state index in [1.54, 1.807) is 42.3 Å². The molecule has 0 aliphatic carbocycles. The molecule has 0 heterocycles. The highest BCUT2D eigenvalue weighted by atomic mass is 35.5. The molecule has 5 nitrogen and oxygen atoms in total. The van der Waals surface area contributed by atoms with Crippen LogP contribution in [0.1, 0.15) is 21.5 Å². The maximum absolute atomic E-state index is 13.2. The van der Waals surface area contributed by atoms with Crippen molar-refractivity contribution in [1.82, 2.24) is 4.90 Å². The van der Waals surface area contributed by atoms with Crippen molar-refractivity contribution in [3.8, 4) is 11.5 Å². The zero-order valence-electron chi connectivity index (χ0n) is 17.2. The summed E-state index contributed by atoms with van der Waals surface area (Å²) in [5.41, 5.74) is 8.05. The standard InChI is InChI=1S/C24H24Cl2N2O3/c1-30-23-13-18(8-10-22(23)31-16-17-5-3-2-4-6-17)24(29)28(12-11-27)15-19-7-9-20(25)14-21(19)26/h2-10,13-14H,11-12,15-16,27H2,1H3. The van der Waals surface area contributed by atoms with Gasteiger partial charge in [0.15, 0.2) is 11.5 Å². The van der Waals surface area contributed by atoms with Gasteiger partial charge in [-0.05, 0) is 41.5 Å². The van der Waals surface area contributed by atoms with Gasteiger partial charge in [-0.25, -0.2) is 0 Å². The fraction of sp³-hybridized carbons (Fsp3) is 0.208. The van der Waals surface area contributed by atoms with E-state index in [1.807, 2.05) is 36.4 Å². The number of carbonyl (C=O) groups excluding carboxylic acids is 1. The number of nitrogens with two attached hydrogens (primary N) is 1. The minimum atomic E-state index is -0.177. The first-order chi connectivity index (χ1) is 15.0. The predicted octanol–water partition coefficient (Wildman–Crippen LogP) is 5.18. The van der Waals surface area contributed by atoms with Crippen molar-refractivity contribution in [3.63, 3.8) is 0 Å². The summed E-state index contributed by atoms with van der Waals surface area (Å²) in [5, 5.41) is 1.05. The lowest BCUT2D eigenvalue weighted by Crippen LogP contribution is -2.35. The first kappa shape index (κ1) is 22.9. The molecule has 7 heteroatoms. The van der Waals surface area contributed by atoms with Crippen LogP contribution in [-0.4, -0.2) is 31.0 Å². The zero-order valence-corrected chi connectivity index (χ0v) is 18.7. The maximum atomic E-state index is 13.2. The number of amides is 1. The van der Waals surface area contributed by atoms with Crippen LogP contribution in [0.4, 0.5) is 0 Å². The molecule has 162 valence electrons. The van der Waals surface area contributed by atoms with Crippen LogP contribution in [0.5, 0.6) is 11.5 Å². The van der Waals surface area contributed by atoms with Gasteiger partial charge in [0.2, 0.25) is 0 Å². The number of hydrogen-bond donors (Lipinski definition) is 1. The van der Waals surface area contributed by atoms with Crippen LogP contribution in [0.25, 0.3) is 0 Å². The summed E-state index contributed by atoms with van der Waals surface area (Å²) < 4.78 is 11.3. The van der Waals surface area contributed by atoms with Gasteiger partial charge in [0.05, 0.1) is 7.11 Å². The third kappa shape index (κ3) is 6.14. The monoisotopic (exact) mass is 458 g/mol. The number of nitrogens with zero attached hydrogens (tertiary/aromatic N) is 1. The molecule has 0 saturated heterocycles. The molecule has 3 aromatic rings. The van der Waals surface area contributed by atoms with Crippen LogP contribution in [0.2, 0.25) is 10.0 Å². The molecule has 0 radical (unpaired) electrons. The minimum absolute atomic E-state index is 0.177. The van der Waals surface area contributed by atoms with Crippen molar-refractivity contribution < 1.29 is 14.3 Å². The molecule has 0 aliphatic heterocycles. The van der Waals surface area contributed by atoms with E-state index >= 15 is 0 Å². The van der Waals surface area contributed by atoms with E-state index < -0.39 is 0 Å². The van der Waals surface area contributed by atoms with Crippen molar-refractivity contribution in [1.29, 1.82) is 0 Å². The Labute approximate surface area is 192 Å². The Morgan fingerprint density at radius 3 is 2.45 bits per heavy atom. The van der Waals surface area contributed by atoms with Crippen molar-refractivity contribution in [2.75, 3.05) is 20.2 Å². The fourth-order valence-corrected chi connectivity index (χ4v) is 3.57. The summed E-state index contributed by atoms with van der Waals surface area (Å²) in [6.45, 7) is 1.43. The molecule has 0 bridgehead atoms. The van der Waals surface area contributed by atoms with Crippen LogP contribution in [-0.2, 0) is 13.2 Å². The van der Waals surface area contributed by atoms with Gasteiger partial charge in [-0.3, -0.25) is 4.79 Å². The van der Waals surface area contributed by atoms with E-state index in [2.05, 4.69) is 0 Å². The normalized spacial score (nSPS) is 10.6. The Hall–Kier alpha value is -2.73. The molecule has 0 unspecified atom stereocenters. The molecule has 3 aromatic carbocycles. The molecule has 1 amide bonds. The Morgan fingerprint density at radius 2 is 1.77 bits per heavy atom. The third-order valence-corrected chi connectivity index (χ3v) is 5.30. The minimum Gasteiger partial charge on any atom is -0.493 e. The number of hydrogen-bond acceptors (Lipinski definition) is 4. The highest BCUT2D eigenvalue weighted by Gasteiger charge is 2.19. The summed E-state index contributed by atoms with van der Waals surface area (Å²) >= 11 is 12.3. The molecule has 0 spiro atoms. The average Bonchev–Trinajstić information content (AvgIpc) is 2.79. The Kier molecular flexibility index (Phi) is 8.18. The summed E-state index contributed by atoms with van der Waals surface area (Å²) in [7, 11) is 1.55. The maximum Gasteiger partial charge on any atom is 0.254 e. The first-order valence-corrected chi connectivity index (χ1v) is 10.6. The van der Waals surface area contributed by atoms with E-state index in [0.29, 0.717) is 53.3 Å². The largest absolute Gasteiger partial charge is 0.493 e.